The molecule has 0 amide bonds. The Kier molecular flexibility index (Phi) is 13.7. The van der Waals surface area contributed by atoms with E-state index in [0.29, 0.717) is 22.2 Å². The first-order valence-corrected chi connectivity index (χ1v) is 16.4. The second-order valence-electron chi connectivity index (χ2n) is 9.79. The van der Waals surface area contributed by atoms with Crippen molar-refractivity contribution in [1.29, 1.82) is 0 Å². The van der Waals surface area contributed by atoms with Crippen molar-refractivity contribution in [3.63, 3.8) is 0 Å². The van der Waals surface area contributed by atoms with E-state index in [1.165, 1.54) is 44.2 Å². The summed E-state index contributed by atoms with van der Waals surface area (Å²) >= 11 is 0. The fourth-order valence-corrected chi connectivity index (χ4v) is 14.2. The van der Waals surface area contributed by atoms with Crippen molar-refractivity contribution in [3.8, 4) is 0 Å². The average Bonchev–Trinajstić information content (AvgIpc) is 2.58. The minimum absolute atomic E-state index is 0.685. The van der Waals surface area contributed by atoms with Gasteiger partial charge in [0.15, 0.2) is 16.6 Å². The molecule has 27 heavy (non-hydrogen) atoms. The number of rotatable bonds is 16. The van der Waals surface area contributed by atoms with Crippen LogP contribution < -0.4 is 0 Å². The van der Waals surface area contributed by atoms with Gasteiger partial charge >= 0.3 is 0 Å². The van der Waals surface area contributed by atoms with E-state index in [0.717, 1.165) is 13.2 Å². The lowest BCUT2D eigenvalue weighted by Crippen LogP contribution is -2.47. The molecule has 0 spiro atoms. The van der Waals surface area contributed by atoms with E-state index >= 15 is 0 Å². The second kappa shape index (κ2) is 13.6. The predicted molar refractivity (Wildman–Crippen MR) is 128 cm³/mol. The fraction of sp³-hybridized carbons (Fsp3) is 1.00. The normalized spacial score (nSPS) is 13.6. The van der Waals surface area contributed by atoms with Crippen LogP contribution in [0.3, 0.4) is 0 Å². The summed E-state index contributed by atoms with van der Waals surface area (Å²) in [6.07, 6.45) is 6.14. The maximum Gasteiger partial charge on any atom is 0.197 e. The van der Waals surface area contributed by atoms with Crippen LogP contribution in [0.5, 0.6) is 0 Å². The zero-order valence-electron chi connectivity index (χ0n) is 20.5. The molecule has 0 aliphatic heterocycles. The molecule has 4 heteroatoms. The molecule has 0 atom stereocenters. The summed E-state index contributed by atoms with van der Waals surface area (Å²) in [5.74, 6) is 0. The van der Waals surface area contributed by atoms with Crippen LogP contribution in [0.15, 0.2) is 0 Å². The largest absolute Gasteiger partial charge is 0.416 e. The van der Waals surface area contributed by atoms with Gasteiger partial charge in [-0.05, 0) is 47.1 Å². The van der Waals surface area contributed by atoms with Crippen molar-refractivity contribution in [2.45, 2.75) is 136 Å². The predicted octanol–water partition coefficient (Wildman–Crippen LogP) is 8.54. The fourth-order valence-electron chi connectivity index (χ4n) is 4.75. The maximum atomic E-state index is 6.74. The van der Waals surface area contributed by atoms with E-state index in [4.69, 9.17) is 8.85 Å². The van der Waals surface area contributed by atoms with Crippen LogP contribution in [-0.2, 0) is 8.85 Å². The molecule has 0 rings (SSSR count). The van der Waals surface area contributed by atoms with Crippen molar-refractivity contribution in [1.82, 2.24) is 0 Å². The van der Waals surface area contributed by atoms with Gasteiger partial charge in [-0.25, -0.2) is 0 Å². The monoisotopic (exact) mass is 416 g/mol. The summed E-state index contributed by atoms with van der Waals surface area (Å²) in [6, 6.07) is 2.61. The van der Waals surface area contributed by atoms with Crippen molar-refractivity contribution in [2.75, 3.05) is 13.2 Å². The lowest BCUT2D eigenvalue weighted by atomic mass is 10.4. The SMILES string of the molecule is CCCCO[Si](CCC[Si](OCCCC)(C(C)C)C(C)C)(C(C)C)C(C)C. The van der Waals surface area contributed by atoms with Gasteiger partial charge in [-0.2, -0.15) is 0 Å². The minimum atomic E-state index is -1.73. The van der Waals surface area contributed by atoms with Gasteiger partial charge in [0.2, 0.25) is 0 Å². The van der Waals surface area contributed by atoms with E-state index in [-0.39, 0.29) is 0 Å². The Bertz CT molecular complexity index is 317. The Balaban J connectivity index is 5.23. The Morgan fingerprint density at radius 2 is 0.815 bits per heavy atom. The van der Waals surface area contributed by atoms with Crippen LogP contribution in [-0.4, -0.2) is 29.8 Å². The molecule has 0 saturated heterocycles. The first-order chi connectivity index (χ1) is 12.6. The molecule has 0 aliphatic carbocycles. The van der Waals surface area contributed by atoms with E-state index in [9.17, 15) is 0 Å². The summed E-state index contributed by atoms with van der Waals surface area (Å²) in [6.45, 7) is 25.7. The van der Waals surface area contributed by atoms with Crippen LogP contribution in [0.4, 0.5) is 0 Å². The summed E-state index contributed by atoms with van der Waals surface area (Å²) in [7, 11) is -3.46. The lowest BCUT2D eigenvalue weighted by Gasteiger charge is -2.42. The van der Waals surface area contributed by atoms with Gasteiger partial charge in [-0.3, -0.25) is 0 Å². The minimum Gasteiger partial charge on any atom is -0.416 e. The van der Waals surface area contributed by atoms with Gasteiger partial charge in [0.05, 0.1) is 0 Å². The molecule has 0 N–H and O–H groups in total. The number of unbranched alkanes of at least 4 members (excludes halogenated alkanes) is 2. The Morgan fingerprint density at radius 3 is 1.04 bits per heavy atom. The lowest BCUT2D eigenvalue weighted by molar-refractivity contribution is 0.271. The van der Waals surface area contributed by atoms with Crippen LogP contribution in [0.1, 0.15) is 101 Å². The van der Waals surface area contributed by atoms with Crippen molar-refractivity contribution >= 4 is 16.6 Å². The summed E-state index contributed by atoms with van der Waals surface area (Å²) in [5, 5.41) is 0. The molecule has 0 aromatic rings. The maximum absolute atomic E-state index is 6.74. The van der Waals surface area contributed by atoms with Gasteiger partial charge in [-0.15, -0.1) is 0 Å². The average molecular weight is 417 g/mol. The Labute approximate surface area is 174 Å². The smallest absolute Gasteiger partial charge is 0.197 e. The molecule has 0 unspecified atom stereocenters. The molecule has 164 valence electrons. The van der Waals surface area contributed by atoms with Crippen molar-refractivity contribution in [2.24, 2.45) is 0 Å². The first-order valence-electron chi connectivity index (χ1n) is 11.9. The zero-order valence-corrected chi connectivity index (χ0v) is 22.5. The highest BCUT2D eigenvalue weighted by Crippen LogP contribution is 2.43. The van der Waals surface area contributed by atoms with Gasteiger partial charge in [0.1, 0.15) is 0 Å². The van der Waals surface area contributed by atoms with Crippen molar-refractivity contribution < 1.29 is 8.85 Å². The number of hydrogen-bond donors (Lipinski definition) is 0. The molecule has 0 bridgehead atoms. The Morgan fingerprint density at radius 1 is 0.519 bits per heavy atom. The molecular formula is C23H52O2Si2. The zero-order chi connectivity index (χ0) is 21.1. The van der Waals surface area contributed by atoms with Crippen LogP contribution in [0.25, 0.3) is 0 Å². The summed E-state index contributed by atoms with van der Waals surface area (Å²) in [5.41, 5.74) is 2.74. The highest BCUT2D eigenvalue weighted by Gasteiger charge is 2.45. The van der Waals surface area contributed by atoms with Gasteiger partial charge in [0.25, 0.3) is 0 Å². The molecule has 0 aromatic carbocycles. The molecule has 0 aliphatic rings. The summed E-state index contributed by atoms with van der Waals surface area (Å²) in [4.78, 5) is 0. The molecule has 2 nitrogen and oxygen atoms in total. The van der Waals surface area contributed by atoms with Crippen LogP contribution in [0, 0.1) is 0 Å². The van der Waals surface area contributed by atoms with Crippen LogP contribution in [0.2, 0.25) is 34.3 Å². The van der Waals surface area contributed by atoms with Crippen LogP contribution >= 0.6 is 0 Å². The van der Waals surface area contributed by atoms with Gasteiger partial charge in [0, 0.05) is 13.2 Å². The van der Waals surface area contributed by atoms with E-state index in [1.807, 2.05) is 0 Å². The molecule has 0 aromatic heterocycles. The molecule has 0 saturated carbocycles. The third-order valence-corrected chi connectivity index (χ3v) is 18.4. The summed E-state index contributed by atoms with van der Waals surface area (Å²) < 4.78 is 13.5. The van der Waals surface area contributed by atoms with Gasteiger partial charge in [-0.1, -0.05) is 88.5 Å². The molecule has 0 heterocycles. The molecular weight excluding hydrogens is 364 g/mol. The number of hydrogen-bond acceptors (Lipinski definition) is 2. The highest BCUT2D eigenvalue weighted by molar-refractivity contribution is 6.78. The second-order valence-corrected chi connectivity index (χ2v) is 19.8. The van der Waals surface area contributed by atoms with E-state index in [1.54, 1.807) is 0 Å². The standard InChI is InChI=1S/C23H52O2Si2/c1-11-13-16-24-26(20(3)4,21(5)6)18-15-19-27(22(7)8,23(9)10)25-17-14-12-2/h20-23H,11-19H2,1-10H3. The topological polar surface area (TPSA) is 18.5 Å². The highest BCUT2D eigenvalue weighted by atomic mass is 28.4. The first kappa shape index (κ1) is 27.4. The Hall–Kier alpha value is 0.354. The van der Waals surface area contributed by atoms with Crippen molar-refractivity contribution in [3.05, 3.63) is 0 Å². The third-order valence-electron chi connectivity index (χ3n) is 6.78. The van der Waals surface area contributed by atoms with E-state index in [2.05, 4.69) is 69.2 Å². The quantitative estimate of drug-likeness (QED) is 0.185. The van der Waals surface area contributed by atoms with E-state index < -0.39 is 16.6 Å². The van der Waals surface area contributed by atoms with Gasteiger partial charge < -0.3 is 8.85 Å². The molecule has 0 fully saturated rings. The third kappa shape index (κ3) is 7.95. The molecule has 0 radical (unpaired) electrons.